The van der Waals surface area contributed by atoms with E-state index in [1.54, 1.807) is 6.20 Å². The number of fused-ring (bicyclic) bond motifs is 1. The fourth-order valence-electron chi connectivity index (χ4n) is 2.62. The van der Waals surface area contributed by atoms with Crippen molar-refractivity contribution in [3.63, 3.8) is 0 Å². The molecule has 0 spiro atoms. The second-order valence-corrected chi connectivity index (χ2v) is 5.79. The first kappa shape index (κ1) is 11.8. The number of pyridine rings is 1. The summed E-state index contributed by atoms with van der Waals surface area (Å²) in [6.07, 6.45) is 6.83. The predicted octanol–water partition coefficient (Wildman–Crippen LogP) is 3.93. The lowest BCUT2D eigenvalue weighted by Crippen LogP contribution is -2.16. The highest BCUT2D eigenvalue weighted by Gasteiger charge is 2.17. The van der Waals surface area contributed by atoms with Crippen LogP contribution in [0.5, 0.6) is 0 Å². The van der Waals surface area contributed by atoms with Crippen LogP contribution in [0.25, 0.3) is 10.9 Å². The van der Waals surface area contributed by atoms with Crippen molar-refractivity contribution < 1.29 is 0 Å². The molecule has 94 valence electrons. The lowest BCUT2D eigenvalue weighted by molar-refractivity contribution is 0.757. The highest BCUT2D eigenvalue weighted by Crippen LogP contribution is 2.32. The van der Waals surface area contributed by atoms with Crippen molar-refractivity contribution in [3.8, 4) is 0 Å². The molecular weight excluding hydrogens is 290 g/mol. The molecule has 1 aliphatic carbocycles. The Balaban J connectivity index is 2.07. The second kappa shape index (κ2) is 4.76. The van der Waals surface area contributed by atoms with Crippen molar-refractivity contribution in [1.29, 1.82) is 0 Å². The lowest BCUT2D eigenvalue weighted by atomic mass is 10.1. The fourth-order valence-corrected chi connectivity index (χ4v) is 2.98. The van der Waals surface area contributed by atoms with Crippen LogP contribution >= 0.6 is 15.9 Å². The van der Waals surface area contributed by atoms with Crippen molar-refractivity contribution in [2.75, 3.05) is 11.1 Å². The first-order valence-electron chi connectivity index (χ1n) is 6.34. The zero-order chi connectivity index (χ0) is 12.5. The number of hydrogen-bond donors (Lipinski definition) is 2. The molecule has 1 aromatic heterocycles. The Kier molecular flexibility index (Phi) is 3.12. The number of nitrogens with two attached hydrogens (primary N) is 1. The molecule has 0 unspecified atom stereocenters. The Morgan fingerprint density at radius 2 is 2.06 bits per heavy atom. The Hall–Kier alpha value is -1.29. The van der Waals surface area contributed by atoms with Crippen molar-refractivity contribution in [1.82, 2.24) is 4.98 Å². The van der Waals surface area contributed by atoms with E-state index in [0.717, 1.165) is 26.8 Å². The Bertz CT molecular complexity index is 571. The van der Waals surface area contributed by atoms with Crippen molar-refractivity contribution >= 4 is 38.2 Å². The van der Waals surface area contributed by atoms with Gasteiger partial charge in [-0.05, 0) is 31.0 Å². The van der Waals surface area contributed by atoms with Crippen molar-refractivity contribution in [2.45, 2.75) is 31.7 Å². The maximum Gasteiger partial charge on any atom is 0.0743 e. The standard InChI is InChI=1S/C14H16BrN3/c15-9-5-6-13-11(7-9)14(12(16)8-17-13)18-10-3-1-2-4-10/h5-8,10H,1-4,16H2,(H,17,18). The second-order valence-electron chi connectivity index (χ2n) is 4.88. The van der Waals surface area contributed by atoms with Crippen LogP contribution in [0.2, 0.25) is 0 Å². The van der Waals surface area contributed by atoms with Crippen LogP contribution in [-0.2, 0) is 0 Å². The van der Waals surface area contributed by atoms with Gasteiger partial charge in [0.25, 0.3) is 0 Å². The van der Waals surface area contributed by atoms with Gasteiger partial charge in [-0.1, -0.05) is 28.8 Å². The highest BCUT2D eigenvalue weighted by atomic mass is 79.9. The van der Waals surface area contributed by atoms with Gasteiger partial charge < -0.3 is 11.1 Å². The first-order chi connectivity index (χ1) is 8.74. The highest BCUT2D eigenvalue weighted by molar-refractivity contribution is 9.10. The number of nitrogens with one attached hydrogen (secondary N) is 1. The molecular formula is C14H16BrN3. The molecule has 0 aliphatic heterocycles. The number of rotatable bonds is 2. The molecule has 18 heavy (non-hydrogen) atoms. The Labute approximate surface area is 115 Å². The van der Waals surface area contributed by atoms with E-state index in [-0.39, 0.29) is 0 Å². The van der Waals surface area contributed by atoms with E-state index in [1.165, 1.54) is 25.7 Å². The maximum atomic E-state index is 6.07. The molecule has 0 amide bonds. The van der Waals surface area contributed by atoms with E-state index in [4.69, 9.17) is 5.73 Å². The van der Waals surface area contributed by atoms with Crippen LogP contribution in [0.1, 0.15) is 25.7 Å². The van der Waals surface area contributed by atoms with E-state index in [2.05, 4.69) is 32.3 Å². The third-order valence-corrected chi connectivity index (χ3v) is 4.06. The van der Waals surface area contributed by atoms with Gasteiger partial charge in [-0.25, -0.2) is 0 Å². The van der Waals surface area contributed by atoms with E-state index in [9.17, 15) is 0 Å². The normalized spacial score (nSPS) is 16.3. The number of nitrogens with zero attached hydrogens (tertiary/aromatic N) is 1. The molecule has 0 saturated heterocycles. The molecule has 1 aromatic carbocycles. The molecule has 3 nitrogen and oxygen atoms in total. The molecule has 0 bridgehead atoms. The third kappa shape index (κ3) is 2.17. The first-order valence-corrected chi connectivity index (χ1v) is 7.13. The summed E-state index contributed by atoms with van der Waals surface area (Å²) in [6.45, 7) is 0. The SMILES string of the molecule is Nc1cnc2ccc(Br)cc2c1NC1CCCC1. The smallest absolute Gasteiger partial charge is 0.0743 e. The van der Waals surface area contributed by atoms with Crippen LogP contribution in [0.4, 0.5) is 11.4 Å². The number of aromatic nitrogens is 1. The summed E-state index contributed by atoms with van der Waals surface area (Å²) in [5, 5.41) is 4.69. The number of anilines is 2. The minimum atomic E-state index is 0.553. The largest absolute Gasteiger partial charge is 0.396 e. The van der Waals surface area contributed by atoms with Crippen molar-refractivity contribution in [3.05, 3.63) is 28.9 Å². The van der Waals surface area contributed by atoms with E-state index in [0.29, 0.717) is 6.04 Å². The zero-order valence-corrected chi connectivity index (χ0v) is 11.7. The van der Waals surface area contributed by atoms with Crippen LogP contribution in [-0.4, -0.2) is 11.0 Å². The van der Waals surface area contributed by atoms with Crippen LogP contribution in [0.15, 0.2) is 28.9 Å². The number of nitrogen functional groups attached to an aromatic ring is 1. The Morgan fingerprint density at radius 1 is 1.28 bits per heavy atom. The Morgan fingerprint density at radius 3 is 2.83 bits per heavy atom. The molecule has 1 fully saturated rings. The number of hydrogen-bond acceptors (Lipinski definition) is 3. The summed E-state index contributed by atoms with van der Waals surface area (Å²) >= 11 is 3.51. The van der Waals surface area contributed by atoms with Gasteiger partial charge >= 0.3 is 0 Å². The molecule has 1 aliphatic rings. The lowest BCUT2D eigenvalue weighted by Gasteiger charge is -2.17. The number of halogens is 1. The third-order valence-electron chi connectivity index (χ3n) is 3.56. The van der Waals surface area contributed by atoms with Gasteiger partial charge in [0.15, 0.2) is 0 Å². The monoisotopic (exact) mass is 305 g/mol. The summed E-state index contributed by atoms with van der Waals surface area (Å²) in [5.41, 5.74) is 8.82. The van der Waals surface area contributed by atoms with Gasteiger partial charge in [0, 0.05) is 15.9 Å². The zero-order valence-electron chi connectivity index (χ0n) is 10.1. The predicted molar refractivity (Wildman–Crippen MR) is 79.7 cm³/mol. The molecule has 1 saturated carbocycles. The summed E-state index contributed by atoms with van der Waals surface area (Å²) in [7, 11) is 0. The van der Waals surface area contributed by atoms with Gasteiger partial charge in [0.2, 0.25) is 0 Å². The van der Waals surface area contributed by atoms with Gasteiger partial charge in [0.05, 0.1) is 23.1 Å². The van der Waals surface area contributed by atoms with E-state index < -0.39 is 0 Å². The van der Waals surface area contributed by atoms with Gasteiger partial charge in [-0.3, -0.25) is 4.98 Å². The summed E-state index contributed by atoms with van der Waals surface area (Å²) in [4.78, 5) is 4.37. The van der Waals surface area contributed by atoms with Gasteiger partial charge in [-0.15, -0.1) is 0 Å². The van der Waals surface area contributed by atoms with Crippen LogP contribution < -0.4 is 11.1 Å². The number of benzene rings is 1. The summed E-state index contributed by atoms with van der Waals surface area (Å²) in [5.74, 6) is 0. The van der Waals surface area contributed by atoms with E-state index in [1.807, 2.05) is 12.1 Å². The average molecular weight is 306 g/mol. The van der Waals surface area contributed by atoms with Crippen molar-refractivity contribution in [2.24, 2.45) is 0 Å². The van der Waals surface area contributed by atoms with Gasteiger partial charge in [-0.2, -0.15) is 0 Å². The molecule has 2 aromatic rings. The molecule has 3 rings (SSSR count). The molecule has 3 N–H and O–H groups in total. The minimum Gasteiger partial charge on any atom is -0.396 e. The van der Waals surface area contributed by atoms with Crippen LogP contribution in [0, 0.1) is 0 Å². The minimum absolute atomic E-state index is 0.553. The van der Waals surface area contributed by atoms with Gasteiger partial charge in [0.1, 0.15) is 0 Å². The van der Waals surface area contributed by atoms with Crippen LogP contribution in [0.3, 0.4) is 0 Å². The molecule has 4 heteroatoms. The fraction of sp³-hybridized carbons (Fsp3) is 0.357. The van der Waals surface area contributed by atoms with E-state index >= 15 is 0 Å². The summed E-state index contributed by atoms with van der Waals surface area (Å²) < 4.78 is 1.05. The molecule has 1 heterocycles. The average Bonchev–Trinajstić information content (AvgIpc) is 2.86. The summed E-state index contributed by atoms with van der Waals surface area (Å²) in [6, 6.07) is 6.65. The maximum absolute atomic E-state index is 6.07. The molecule has 0 radical (unpaired) electrons. The quantitative estimate of drug-likeness (QED) is 0.883. The molecule has 0 atom stereocenters. The topological polar surface area (TPSA) is 50.9 Å².